The summed E-state index contributed by atoms with van der Waals surface area (Å²) in [7, 11) is 1.60. The highest BCUT2D eigenvalue weighted by molar-refractivity contribution is 6.35. The van der Waals surface area contributed by atoms with Crippen LogP contribution in [0.15, 0.2) is 18.3 Å². The first kappa shape index (κ1) is 12.0. The van der Waals surface area contributed by atoms with Gasteiger partial charge in [0.1, 0.15) is 11.8 Å². The summed E-state index contributed by atoms with van der Waals surface area (Å²) in [6.45, 7) is 1.22. The third kappa shape index (κ3) is 2.15. The van der Waals surface area contributed by atoms with Crippen molar-refractivity contribution in [3.05, 3.63) is 29.6 Å². The molecule has 6 nitrogen and oxygen atoms in total. The number of piperazine rings is 1. The lowest BCUT2D eigenvalue weighted by molar-refractivity contribution is -0.155. The smallest absolute Gasteiger partial charge is 0.312 e. The van der Waals surface area contributed by atoms with E-state index in [0.29, 0.717) is 18.7 Å². The van der Waals surface area contributed by atoms with Crippen LogP contribution in [0.3, 0.4) is 0 Å². The van der Waals surface area contributed by atoms with Crippen molar-refractivity contribution in [1.82, 2.24) is 14.8 Å². The van der Waals surface area contributed by atoms with Crippen LogP contribution < -0.4 is 0 Å². The van der Waals surface area contributed by atoms with Gasteiger partial charge in [0.25, 0.3) is 0 Å². The van der Waals surface area contributed by atoms with Crippen molar-refractivity contribution in [2.45, 2.75) is 6.54 Å². The average molecular weight is 244 g/mol. The maximum absolute atomic E-state index is 11.8. The van der Waals surface area contributed by atoms with Crippen molar-refractivity contribution in [2.75, 3.05) is 20.1 Å². The van der Waals surface area contributed by atoms with E-state index in [4.69, 9.17) is 5.26 Å². The summed E-state index contributed by atoms with van der Waals surface area (Å²) in [4.78, 5) is 30.1. The van der Waals surface area contributed by atoms with Crippen molar-refractivity contribution in [1.29, 1.82) is 5.26 Å². The molecule has 1 aliphatic rings. The highest BCUT2D eigenvalue weighted by Gasteiger charge is 2.30. The number of rotatable bonds is 2. The van der Waals surface area contributed by atoms with Crippen LogP contribution in [-0.2, 0) is 16.1 Å². The van der Waals surface area contributed by atoms with Gasteiger partial charge in [-0.2, -0.15) is 5.26 Å². The molecule has 1 aliphatic heterocycles. The Morgan fingerprint density at radius 3 is 2.89 bits per heavy atom. The second-order valence-electron chi connectivity index (χ2n) is 4.08. The Labute approximate surface area is 104 Å². The number of nitrogens with zero attached hydrogens (tertiary/aromatic N) is 4. The van der Waals surface area contributed by atoms with Gasteiger partial charge < -0.3 is 9.80 Å². The summed E-state index contributed by atoms with van der Waals surface area (Å²) in [5.41, 5.74) is 0.947. The summed E-state index contributed by atoms with van der Waals surface area (Å²) in [5.74, 6) is -1.04. The first-order chi connectivity index (χ1) is 8.63. The van der Waals surface area contributed by atoms with Gasteiger partial charge in [0.15, 0.2) is 0 Å². The molecule has 0 unspecified atom stereocenters. The van der Waals surface area contributed by atoms with Crippen molar-refractivity contribution in [3.63, 3.8) is 0 Å². The van der Waals surface area contributed by atoms with Gasteiger partial charge in [0.2, 0.25) is 0 Å². The topological polar surface area (TPSA) is 77.3 Å². The number of hydrogen-bond donors (Lipinski definition) is 0. The van der Waals surface area contributed by atoms with Crippen molar-refractivity contribution in [2.24, 2.45) is 0 Å². The predicted molar refractivity (Wildman–Crippen MR) is 62.0 cm³/mol. The van der Waals surface area contributed by atoms with Gasteiger partial charge in [-0.3, -0.25) is 9.59 Å². The number of pyridine rings is 1. The lowest BCUT2D eigenvalue weighted by Crippen LogP contribution is -2.52. The maximum Gasteiger partial charge on any atom is 0.312 e. The number of likely N-dealkylation sites (N-methyl/N-ethyl adjacent to an activating group) is 1. The number of amides is 2. The highest BCUT2D eigenvalue weighted by atomic mass is 16.2. The number of carbonyl (C=O) groups is 2. The minimum absolute atomic E-state index is 0.245. The van der Waals surface area contributed by atoms with Crippen LogP contribution in [0.1, 0.15) is 11.3 Å². The Morgan fingerprint density at radius 1 is 1.39 bits per heavy atom. The van der Waals surface area contributed by atoms with E-state index in [0.717, 1.165) is 0 Å². The molecule has 0 bridgehead atoms. The van der Waals surface area contributed by atoms with E-state index >= 15 is 0 Å². The molecule has 2 rings (SSSR count). The molecule has 0 spiro atoms. The molecule has 0 radical (unpaired) electrons. The lowest BCUT2D eigenvalue weighted by atomic mass is 10.1. The number of aromatic nitrogens is 1. The van der Waals surface area contributed by atoms with Crippen LogP contribution >= 0.6 is 0 Å². The summed E-state index contributed by atoms with van der Waals surface area (Å²) in [6, 6.07) is 5.42. The molecule has 1 fully saturated rings. The molecule has 1 aromatic heterocycles. The Bertz CT molecular complexity index is 535. The molecule has 0 atom stereocenters. The van der Waals surface area contributed by atoms with E-state index in [-0.39, 0.29) is 12.2 Å². The maximum atomic E-state index is 11.8. The molecular formula is C12H12N4O2. The molecular weight excluding hydrogens is 232 g/mol. The summed E-state index contributed by atoms with van der Waals surface area (Å²) in [5, 5.41) is 8.92. The van der Waals surface area contributed by atoms with Gasteiger partial charge in [-0.15, -0.1) is 0 Å². The molecule has 0 aromatic carbocycles. The Hall–Kier alpha value is -2.42. The predicted octanol–water partition coefficient (Wildman–Crippen LogP) is -0.246. The van der Waals surface area contributed by atoms with Gasteiger partial charge in [0.05, 0.1) is 0 Å². The van der Waals surface area contributed by atoms with Gasteiger partial charge >= 0.3 is 11.8 Å². The molecule has 18 heavy (non-hydrogen) atoms. The molecule has 2 amide bonds. The quantitative estimate of drug-likeness (QED) is 0.672. The van der Waals surface area contributed by atoms with Crippen LogP contribution in [0.4, 0.5) is 0 Å². The summed E-state index contributed by atoms with van der Waals surface area (Å²) < 4.78 is 0. The van der Waals surface area contributed by atoms with Crippen molar-refractivity contribution >= 4 is 11.8 Å². The number of carbonyl (C=O) groups excluding carboxylic acids is 2. The largest absolute Gasteiger partial charge is 0.336 e. The lowest BCUT2D eigenvalue weighted by Gasteiger charge is -2.31. The number of hydrogen-bond acceptors (Lipinski definition) is 4. The minimum Gasteiger partial charge on any atom is -0.336 e. The fourth-order valence-corrected chi connectivity index (χ4v) is 1.80. The van der Waals surface area contributed by atoms with Gasteiger partial charge in [-0.05, 0) is 6.07 Å². The minimum atomic E-state index is -0.531. The zero-order chi connectivity index (χ0) is 13.1. The molecule has 0 saturated carbocycles. The fourth-order valence-electron chi connectivity index (χ4n) is 1.80. The first-order valence-electron chi connectivity index (χ1n) is 5.52. The average Bonchev–Trinajstić information content (AvgIpc) is 2.40. The summed E-state index contributed by atoms with van der Waals surface area (Å²) in [6.07, 6.45) is 1.53. The zero-order valence-electron chi connectivity index (χ0n) is 9.96. The molecule has 6 heteroatoms. The second kappa shape index (κ2) is 4.84. The van der Waals surface area contributed by atoms with Crippen molar-refractivity contribution in [3.8, 4) is 6.07 Å². The molecule has 92 valence electrons. The first-order valence-corrected chi connectivity index (χ1v) is 5.52. The molecule has 0 N–H and O–H groups in total. The van der Waals surface area contributed by atoms with Crippen LogP contribution in [0.5, 0.6) is 0 Å². The van der Waals surface area contributed by atoms with E-state index in [1.807, 2.05) is 6.07 Å². The summed E-state index contributed by atoms with van der Waals surface area (Å²) >= 11 is 0. The Kier molecular flexibility index (Phi) is 3.24. The SMILES string of the molecule is CN1CCN(Cc2cccnc2C#N)C(=O)C1=O. The molecule has 1 saturated heterocycles. The van der Waals surface area contributed by atoms with E-state index in [1.165, 1.54) is 16.0 Å². The number of nitriles is 1. The van der Waals surface area contributed by atoms with Crippen molar-refractivity contribution < 1.29 is 9.59 Å². The van der Waals surface area contributed by atoms with Gasteiger partial charge in [0, 0.05) is 38.4 Å². The normalized spacial score (nSPS) is 15.8. The third-order valence-corrected chi connectivity index (χ3v) is 2.88. The van der Waals surface area contributed by atoms with E-state index in [2.05, 4.69) is 4.98 Å². The van der Waals surface area contributed by atoms with E-state index in [1.54, 1.807) is 19.2 Å². The third-order valence-electron chi connectivity index (χ3n) is 2.88. The zero-order valence-corrected chi connectivity index (χ0v) is 9.96. The molecule has 2 heterocycles. The van der Waals surface area contributed by atoms with Crippen LogP contribution in [0, 0.1) is 11.3 Å². The van der Waals surface area contributed by atoms with Crippen LogP contribution in [0.2, 0.25) is 0 Å². The van der Waals surface area contributed by atoms with Crippen LogP contribution in [0.25, 0.3) is 0 Å². The Balaban J connectivity index is 2.17. The molecule has 1 aromatic rings. The van der Waals surface area contributed by atoms with Gasteiger partial charge in [-0.25, -0.2) is 4.98 Å². The molecule has 0 aliphatic carbocycles. The fraction of sp³-hybridized carbons (Fsp3) is 0.333. The van der Waals surface area contributed by atoms with E-state index < -0.39 is 11.8 Å². The van der Waals surface area contributed by atoms with E-state index in [9.17, 15) is 9.59 Å². The highest BCUT2D eigenvalue weighted by Crippen LogP contribution is 2.11. The Morgan fingerprint density at radius 2 is 2.17 bits per heavy atom. The second-order valence-corrected chi connectivity index (χ2v) is 4.08. The van der Waals surface area contributed by atoms with Gasteiger partial charge in [-0.1, -0.05) is 6.07 Å². The standard InChI is InChI=1S/C12H12N4O2/c1-15-5-6-16(12(18)11(15)17)8-9-3-2-4-14-10(9)7-13/h2-4H,5-6,8H2,1H3. The van der Waals surface area contributed by atoms with Crippen LogP contribution in [-0.4, -0.2) is 46.7 Å². The monoisotopic (exact) mass is 244 g/mol.